The summed E-state index contributed by atoms with van der Waals surface area (Å²) in [5, 5.41) is 4.03. The first-order valence-corrected chi connectivity index (χ1v) is 13.4. The summed E-state index contributed by atoms with van der Waals surface area (Å²) in [6, 6.07) is 27.2. The number of ketones is 1. The number of amides is 1. The summed E-state index contributed by atoms with van der Waals surface area (Å²) in [7, 11) is 1.62. The maximum absolute atomic E-state index is 14.2. The number of hydrogen-bond acceptors (Lipinski definition) is 4. The van der Waals surface area contributed by atoms with Crippen molar-refractivity contribution < 1.29 is 18.7 Å². The Balaban J connectivity index is 1.53. The van der Waals surface area contributed by atoms with Crippen LogP contribution in [0.15, 0.2) is 108 Å². The average molecular weight is 553 g/mol. The SMILES string of the molecule is COc1ccc([C@@H]2CC(=O)C3=C(C2)Nc2ccccc2N(C(=O)c2ccc(Cl)cc2)[C@@H]3c2ccc(F)cc2)cc1. The van der Waals surface area contributed by atoms with Gasteiger partial charge >= 0.3 is 0 Å². The lowest BCUT2D eigenvalue weighted by Gasteiger charge is -2.35. The largest absolute Gasteiger partial charge is 0.497 e. The first-order chi connectivity index (χ1) is 19.4. The van der Waals surface area contributed by atoms with E-state index in [-0.39, 0.29) is 24.0 Å². The molecule has 1 aliphatic carbocycles. The van der Waals surface area contributed by atoms with Crippen molar-refractivity contribution in [3.8, 4) is 5.75 Å². The van der Waals surface area contributed by atoms with Gasteiger partial charge in [0.05, 0.1) is 24.5 Å². The van der Waals surface area contributed by atoms with Gasteiger partial charge in [-0.2, -0.15) is 0 Å². The fraction of sp³-hybridized carbons (Fsp3) is 0.152. The van der Waals surface area contributed by atoms with Crippen molar-refractivity contribution in [1.82, 2.24) is 0 Å². The van der Waals surface area contributed by atoms with Crippen molar-refractivity contribution >= 4 is 34.7 Å². The van der Waals surface area contributed by atoms with E-state index in [1.54, 1.807) is 48.4 Å². The summed E-state index contributed by atoms with van der Waals surface area (Å²) in [5.74, 6) is -0.0517. The van der Waals surface area contributed by atoms with Crippen LogP contribution in [-0.2, 0) is 4.79 Å². The van der Waals surface area contributed by atoms with Crippen molar-refractivity contribution in [1.29, 1.82) is 0 Å². The van der Waals surface area contributed by atoms with Gasteiger partial charge in [-0.05, 0) is 84.1 Å². The molecule has 0 radical (unpaired) electrons. The molecular weight excluding hydrogens is 527 g/mol. The van der Waals surface area contributed by atoms with Gasteiger partial charge in [0.1, 0.15) is 11.6 Å². The Hall–Kier alpha value is -4.42. The molecule has 5 nitrogen and oxygen atoms in total. The number of fused-ring (bicyclic) bond motifs is 1. The number of hydrogen-bond donors (Lipinski definition) is 1. The van der Waals surface area contributed by atoms with Gasteiger partial charge in [-0.25, -0.2) is 4.39 Å². The van der Waals surface area contributed by atoms with Crippen LogP contribution in [0.3, 0.4) is 0 Å². The van der Waals surface area contributed by atoms with Crippen molar-refractivity contribution in [2.24, 2.45) is 0 Å². The summed E-state index contributed by atoms with van der Waals surface area (Å²) >= 11 is 6.11. The van der Waals surface area contributed by atoms with Crippen LogP contribution < -0.4 is 15.0 Å². The standard InChI is InChI=1S/C33H26ClFN2O3/c1-40-26-16-10-20(11-17-26)23-18-28-31(30(38)19-23)32(21-8-14-25(35)15-9-21)37(29-5-3-2-4-27(29)36-28)33(39)22-6-12-24(34)13-7-22/h2-17,23,32,36H,18-19H2,1H3/t23-,32+/m0/s1. The van der Waals surface area contributed by atoms with Gasteiger partial charge in [-0.15, -0.1) is 0 Å². The van der Waals surface area contributed by atoms with Crippen molar-refractivity contribution in [2.45, 2.75) is 24.8 Å². The maximum Gasteiger partial charge on any atom is 0.259 e. The molecule has 4 aromatic carbocycles. The molecule has 2 atom stereocenters. The first-order valence-electron chi connectivity index (χ1n) is 13.0. The van der Waals surface area contributed by atoms with Gasteiger partial charge in [0.2, 0.25) is 0 Å². The Bertz CT molecular complexity index is 1620. The van der Waals surface area contributed by atoms with Crippen LogP contribution in [0.5, 0.6) is 5.75 Å². The van der Waals surface area contributed by atoms with Crippen LogP contribution in [0.25, 0.3) is 0 Å². The first kappa shape index (κ1) is 25.8. The molecule has 7 heteroatoms. The third kappa shape index (κ3) is 4.75. The second-order valence-electron chi connectivity index (χ2n) is 9.97. The molecule has 4 aromatic rings. The molecule has 200 valence electrons. The Morgan fingerprint density at radius 1 is 0.900 bits per heavy atom. The molecule has 1 N–H and O–H groups in total. The van der Waals surface area contributed by atoms with Crippen molar-refractivity contribution in [3.05, 3.63) is 136 Å². The van der Waals surface area contributed by atoms with E-state index in [9.17, 15) is 14.0 Å². The number of carbonyl (C=O) groups is 2. The number of halogens is 2. The van der Waals surface area contributed by atoms with E-state index in [1.807, 2.05) is 48.5 Å². The maximum atomic E-state index is 14.2. The monoisotopic (exact) mass is 552 g/mol. The van der Waals surface area contributed by atoms with E-state index in [4.69, 9.17) is 16.3 Å². The third-order valence-electron chi connectivity index (χ3n) is 7.57. The quantitative estimate of drug-likeness (QED) is 0.282. The summed E-state index contributed by atoms with van der Waals surface area (Å²) < 4.78 is 19.3. The van der Waals surface area contributed by atoms with Crippen molar-refractivity contribution in [3.63, 3.8) is 0 Å². The molecule has 0 bridgehead atoms. The molecule has 0 aromatic heterocycles. The van der Waals surface area contributed by atoms with Crippen LogP contribution in [0, 0.1) is 5.82 Å². The van der Waals surface area contributed by atoms with Crippen molar-refractivity contribution in [2.75, 3.05) is 17.3 Å². The van der Waals surface area contributed by atoms with E-state index >= 15 is 0 Å². The highest BCUT2D eigenvalue weighted by Gasteiger charge is 2.41. The second kappa shape index (κ2) is 10.6. The Morgan fingerprint density at radius 3 is 2.27 bits per heavy atom. The molecular formula is C33H26ClFN2O3. The lowest BCUT2D eigenvalue weighted by Crippen LogP contribution is -2.38. The molecule has 1 heterocycles. The number of allylic oxidation sites excluding steroid dienone is 1. The van der Waals surface area contributed by atoms with Gasteiger partial charge in [-0.1, -0.05) is 48.0 Å². The van der Waals surface area contributed by atoms with Gasteiger partial charge in [0, 0.05) is 28.3 Å². The smallest absolute Gasteiger partial charge is 0.259 e. The van der Waals surface area contributed by atoms with Crippen LogP contribution in [0.4, 0.5) is 15.8 Å². The summed E-state index contributed by atoms with van der Waals surface area (Å²) in [4.78, 5) is 30.0. The lowest BCUT2D eigenvalue weighted by molar-refractivity contribution is -0.116. The predicted molar refractivity (Wildman–Crippen MR) is 154 cm³/mol. The molecule has 0 saturated carbocycles. The van der Waals surface area contributed by atoms with E-state index in [2.05, 4.69) is 5.32 Å². The fourth-order valence-electron chi connectivity index (χ4n) is 5.62. The molecule has 0 unspecified atom stereocenters. The number of methoxy groups -OCH3 is 1. The summed E-state index contributed by atoms with van der Waals surface area (Å²) in [6.07, 6.45) is 0.853. The molecule has 0 fully saturated rings. The number of rotatable bonds is 4. The number of benzene rings is 4. The van der Waals surface area contributed by atoms with E-state index in [0.29, 0.717) is 39.5 Å². The number of para-hydroxylation sites is 2. The van der Waals surface area contributed by atoms with Crippen LogP contribution in [0.1, 0.15) is 46.3 Å². The van der Waals surface area contributed by atoms with Gasteiger partial charge in [-0.3, -0.25) is 14.5 Å². The zero-order valence-electron chi connectivity index (χ0n) is 21.7. The lowest BCUT2D eigenvalue weighted by atomic mass is 9.78. The zero-order chi connectivity index (χ0) is 27.8. The summed E-state index contributed by atoms with van der Waals surface area (Å²) in [6.45, 7) is 0. The van der Waals surface area contributed by atoms with Crippen LogP contribution in [0.2, 0.25) is 5.02 Å². The molecule has 0 saturated heterocycles. The van der Waals surface area contributed by atoms with E-state index in [1.165, 1.54) is 12.1 Å². The fourth-order valence-corrected chi connectivity index (χ4v) is 5.74. The third-order valence-corrected chi connectivity index (χ3v) is 7.82. The molecule has 40 heavy (non-hydrogen) atoms. The molecule has 2 aliphatic rings. The van der Waals surface area contributed by atoms with Gasteiger partial charge in [0.25, 0.3) is 5.91 Å². The van der Waals surface area contributed by atoms with Crippen LogP contribution in [-0.4, -0.2) is 18.8 Å². The number of ether oxygens (including phenoxy) is 1. The Kier molecular flexibility index (Phi) is 6.86. The Morgan fingerprint density at radius 2 is 1.57 bits per heavy atom. The molecule has 6 rings (SSSR count). The minimum absolute atomic E-state index is 0.0517. The number of Topliss-reactive ketones (excluding diaryl/α,β-unsaturated/α-hetero) is 1. The van der Waals surface area contributed by atoms with Gasteiger partial charge < -0.3 is 10.1 Å². The highest BCUT2D eigenvalue weighted by atomic mass is 35.5. The Labute approximate surface area is 236 Å². The van der Waals surface area contributed by atoms with E-state index < -0.39 is 11.9 Å². The predicted octanol–water partition coefficient (Wildman–Crippen LogP) is 7.70. The number of nitrogens with zero attached hydrogens (tertiary/aromatic N) is 1. The second-order valence-corrected chi connectivity index (χ2v) is 10.4. The number of anilines is 2. The highest BCUT2D eigenvalue weighted by Crippen LogP contribution is 2.48. The number of carbonyl (C=O) groups excluding carboxylic acids is 2. The molecule has 0 spiro atoms. The molecule has 1 aliphatic heterocycles. The number of nitrogens with one attached hydrogen (secondary N) is 1. The minimum Gasteiger partial charge on any atom is -0.497 e. The minimum atomic E-state index is -0.765. The highest BCUT2D eigenvalue weighted by molar-refractivity contribution is 6.30. The van der Waals surface area contributed by atoms with Crippen LogP contribution >= 0.6 is 11.6 Å². The zero-order valence-corrected chi connectivity index (χ0v) is 22.5. The topological polar surface area (TPSA) is 58.6 Å². The summed E-state index contributed by atoms with van der Waals surface area (Å²) in [5.41, 5.74) is 4.71. The van der Waals surface area contributed by atoms with Gasteiger partial charge in [0.15, 0.2) is 5.78 Å². The van der Waals surface area contributed by atoms with E-state index in [0.717, 1.165) is 17.0 Å². The normalized spacial score (nSPS) is 18.4. The molecule has 1 amide bonds. The average Bonchev–Trinajstić information content (AvgIpc) is 3.12.